The van der Waals surface area contributed by atoms with Crippen molar-refractivity contribution in [3.63, 3.8) is 0 Å². The Hall–Kier alpha value is -2.10. The summed E-state index contributed by atoms with van der Waals surface area (Å²) in [5.41, 5.74) is 1.70. The third-order valence-electron chi connectivity index (χ3n) is 3.17. The van der Waals surface area contributed by atoms with Gasteiger partial charge in [0.25, 0.3) is 0 Å². The molecule has 2 aromatic rings. The summed E-state index contributed by atoms with van der Waals surface area (Å²) in [6.07, 6.45) is 1.76. The molecule has 4 heteroatoms. The number of para-hydroxylation sites is 1. The topological polar surface area (TPSA) is 28.2 Å². The molecule has 0 radical (unpaired) electrons. The highest BCUT2D eigenvalue weighted by Gasteiger charge is 2.12. The maximum absolute atomic E-state index is 13.9. The minimum atomic E-state index is -0.191. The van der Waals surface area contributed by atoms with Crippen molar-refractivity contribution in [2.75, 3.05) is 23.3 Å². The molecule has 3 nitrogen and oxygen atoms in total. The molecule has 0 fully saturated rings. The molecule has 0 aliphatic carbocycles. The Kier molecular flexibility index (Phi) is 4.93. The maximum atomic E-state index is 13.9. The molecule has 106 valence electrons. The second kappa shape index (κ2) is 6.89. The van der Waals surface area contributed by atoms with Crippen LogP contribution in [0.1, 0.15) is 19.4 Å². The van der Waals surface area contributed by atoms with Crippen LogP contribution >= 0.6 is 0 Å². The van der Waals surface area contributed by atoms with Gasteiger partial charge in [0, 0.05) is 31.4 Å². The number of rotatable bonds is 6. The molecule has 0 atom stereocenters. The van der Waals surface area contributed by atoms with Gasteiger partial charge >= 0.3 is 0 Å². The van der Waals surface area contributed by atoms with Crippen LogP contribution in [0.4, 0.5) is 15.9 Å². The summed E-state index contributed by atoms with van der Waals surface area (Å²) in [6.45, 7) is 6.24. The fourth-order valence-electron chi connectivity index (χ4n) is 2.17. The Balaban J connectivity index is 2.25. The summed E-state index contributed by atoms with van der Waals surface area (Å²) < 4.78 is 13.9. The first-order valence-electron chi connectivity index (χ1n) is 6.93. The van der Waals surface area contributed by atoms with Crippen molar-refractivity contribution in [1.82, 2.24) is 4.98 Å². The minimum Gasteiger partial charge on any atom is -0.370 e. The molecule has 20 heavy (non-hydrogen) atoms. The Morgan fingerprint density at radius 3 is 2.65 bits per heavy atom. The van der Waals surface area contributed by atoms with Crippen LogP contribution in [0, 0.1) is 5.82 Å². The molecule has 1 N–H and O–H groups in total. The predicted molar refractivity (Wildman–Crippen MR) is 81.5 cm³/mol. The van der Waals surface area contributed by atoms with Crippen LogP contribution in [0.2, 0.25) is 0 Å². The van der Waals surface area contributed by atoms with Gasteiger partial charge in [0.15, 0.2) is 0 Å². The van der Waals surface area contributed by atoms with Crippen molar-refractivity contribution in [3.05, 3.63) is 54.0 Å². The highest BCUT2D eigenvalue weighted by atomic mass is 19.1. The van der Waals surface area contributed by atoms with E-state index in [4.69, 9.17) is 0 Å². The van der Waals surface area contributed by atoms with Gasteiger partial charge < -0.3 is 10.2 Å². The van der Waals surface area contributed by atoms with Gasteiger partial charge in [-0.1, -0.05) is 18.2 Å². The number of pyridine rings is 1. The Bertz CT molecular complexity index is 557. The van der Waals surface area contributed by atoms with Crippen LogP contribution in [-0.2, 0) is 6.54 Å². The van der Waals surface area contributed by atoms with Gasteiger partial charge in [0.2, 0.25) is 0 Å². The van der Waals surface area contributed by atoms with Crippen LogP contribution < -0.4 is 10.2 Å². The van der Waals surface area contributed by atoms with Gasteiger partial charge in [-0.15, -0.1) is 0 Å². The highest BCUT2D eigenvalue weighted by molar-refractivity contribution is 5.51. The molecule has 2 rings (SSSR count). The van der Waals surface area contributed by atoms with Gasteiger partial charge in [0.05, 0.1) is 5.69 Å². The second-order valence-corrected chi connectivity index (χ2v) is 4.51. The van der Waals surface area contributed by atoms with Crippen molar-refractivity contribution in [3.8, 4) is 0 Å². The number of aromatic nitrogens is 1. The number of anilines is 2. The van der Waals surface area contributed by atoms with Crippen LogP contribution in [-0.4, -0.2) is 18.1 Å². The number of nitrogens with one attached hydrogen (secondary N) is 1. The number of halogens is 1. The zero-order valence-corrected chi connectivity index (χ0v) is 11.9. The summed E-state index contributed by atoms with van der Waals surface area (Å²) in [4.78, 5) is 6.35. The van der Waals surface area contributed by atoms with Crippen molar-refractivity contribution < 1.29 is 4.39 Å². The average Bonchev–Trinajstić information content (AvgIpc) is 2.47. The second-order valence-electron chi connectivity index (χ2n) is 4.51. The molecular formula is C16H20FN3. The van der Waals surface area contributed by atoms with Gasteiger partial charge in [-0.2, -0.15) is 0 Å². The van der Waals surface area contributed by atoms with E-state index in [0.29, 0.717) is 12.2 Å². The van der Waals surface area contributed by atoms with Gasteiger partial charge in [-0.05, 0) is 32.0 Å². The predicted octanol–water partition coefficient (Wildman–Crippen LogP) is 3.68. The lowest BCUT2D eigenvalue weighted by Gasteiger charge is -2.24. The van der Waals surface area contributed by atoms with E-state index in [1.165, 1.54) is 6.07 Å². The number of hydrogen-bond donors (Lipinski definition) is 1. The summed E-state index contributed by atoms with van der Waals surface area (Å²) in [6, 6.07) is 10.8. The quantitative estimate of drug-likeness (QED) is 0.870. The fraction of sp³-hybridized carbons (Fsp3) is 0.312. The first kappa shape index (κ1) is 14.3. The van der Waals surface area contributed by atoms with Crippen LogP contribution in [0.3, 0.4) is 0 Å². The highest BCUT2D eigenvalue weighted by Crippen LogP contribution is 2.22. The van der Waals surface area contributed by atoms with E-state index in [0.717, 1.165) is 24.5 Å². The monoisotopic (exact) mass is 273 g/mol. The fourth-order valence-corrected chi connectivity index (χ4v) is 2.17. The molecule has 0 saturated carbocycles. The largest absolute Gasteiger partial charge is 0.370 e. The van der Waals surface area contributed by atoms with Crippen LogP contribution in [0.15, 0.2) is 42.6 Å². The summed E-state index contributed by atoms with van der Waals surface area (Å²) in [5.74, 6) is 0.674. The third kappa shape index (κ3) is 3.26. The number of hydrogen-bond acceptors (Lipinski definition) is 3. The van der Waals surface area contributed by atoms with Gasteiger partial charge in [0.1, 0.15) is 11.6 Å². The normalized spacial score (nSPS) is 10.3. The Morgan fingerprint density at radius 2 is 1.95 bits per heavy atom. The van der Waals surface area contributed by atoms with Crippen LogP contribution in [0.5, 0.6) is 0 Å². The molecular weight excluding hydrogens is 253 g/mol. The Morgan fingerprint density at radius 1 is 1.15 bits per heavy atom. The zero-order chi connectivity index (χ0) is 14.4. The van der Waals surface area contributed by atoms with Crippen LogP contribution in [0.25, 0.3) is 0 Å². The number of benzene rings is 1. The Labute approximate surface area is 119 Å². The van der Waals surface area contributed by atoms with Crippen molar-refractivity contribution in [1.29, 1.82) is 0 Å². The first-order valence-corrected chi connectivity index (χ1v) is 6.93. The zero-order valence-electron chi connectivity index (χ0n) is 11.9. The molecule has 0 aliphatic rings. The maximum Gasteiger partial charge on any atom is 0.146 e. The molecule has 0 spiro atoms. The molecule has 0 bridgehead atoms. The van der Waals surface area contributed by atoms with E-state index in [-0.39, 0.29) is 5.82 Å². The first-order chi connectivity index (χ1) is 9.76. The lowest BCUT2D eigenvalue weighted by molar-refractivity contribution is 0.618. The van der Waals surface area contributed by atoms with E-state index < -0.39 is 0 Å². The molecule has 0 amide bonds. The van der Waals surface area contributed by atoms with E-state index >= 15 is 0 Å². The third-order valence-corrected chi connectivity index (χ3v) is 3.17. The van der Waals surface area contributed by atoms with Gasteiger partial charge in [-0.25, -0.2) is 9.37 Å². The lowest BCUT2D eigenvalue weighted by Crippen LogP contribution is -2.24. The van der Waals surface area contributed by atoms with E-state index in [9.17, 15) is 4.39 Å². The van der Waals surface area contributed by atoms with Gasteiger partial charge in [-0.3, -0.25) is 0 Å². The lowest BCUT2D eigenvalue weighted by atomic mass is 10.2. The van der Waals surface area contributed by atoms with Crippen molar-refractivity contribution >= 4 is 11.5 Å². The molecule has 0 unspecified atom stereocenters. The van der Waals surface area contributed by atoms with E-state index in [1.54, 1.807) is 12.3 Å². The molecule has 0 saturated heterocycles. The minimum absolute atomic E-state index is 0.191. The molecule has 0 aliphatic heterocycles. The summed E-state index contributed by atoms with van der Waals surface area (Å²) in [5, 5.41) is 3.24. The SMILES string of the molecule is CCNc1ncccc1CN(CC)c1ccccc1F. The van der Waals surface area contributed by atoms with Crippen molar-refractivity contribution in [2.24, 2.45) is 0 Å². The molecule has 1 heterocycles. The average molecular weight is 273 g/mol. The summed E-state index contributed by atoms with van der Waals surface area (Å²) in [7, 11) is 0. The summed E-state index contributed by atoms with van der Waals surface area (Å²) >= 11 is 0. The molecule has 1 aromatic heterocycles. The number of nitrogens with zero attached hydrogens (tertiary/aromatic N) is 2. The van der Waals surface area contributed by atoms with E-state index in [1.807, 2.05) is 43.0 Å². The van der Waals surface area contributed by atoms with E-state index in [2.05, 4.69) is 10.3 Å². The standard InChI is InChI=1S/C16H20FN3/c1-3-18-16-13(8-7-11-19-16)12-20(4-2)15-10-6-5-9-14(15)17/h5-11H,3-4,12H2,1-2H3,(H,18,19). The molecule has 1 aromatic carbocycles. The van der Waals surface area contributed by atoms with Crippen molar-refractivity contribution in [2.45, 2.75) is 20.4 Å². The smallest absolute Gasteiger partial charge is 0.146 e.